The largest absolute Gasteiger partial charge is 0.392 e. The average molecular weight is 517 g/mol. The van der Waals surface area contributed by atoms with E-state index >= 15 is 0 Å². The number of hydrogen-bond acceptors (Lipinski definition) is 6. The number of para-hydroxylation sites is 1. The highest BCUT2D eigenvalue weighted by molar-refractivity contribution is 6.12. The summed E-state index contributed by atoms with van der Waals surface area (Å²) in [5.41, 5.74) is 1.80. The van der Waals surface area contributed by atoms with Gasteiger partial charge in [0.2, 0.25) is 0 Å². The predicted octanol–water partition coefficient (Wildman–Crippen LogP) is 3.77. The number of carbonyl (C=O) groups excluding carboxylic acids is 3. The van der Waals surface area contributed by atoms with Crippen LogP contribution in [0.3, 0.4) is 0 Å². The van der Waals surface area contributed by atoms with Crippen LogP contribution in [0.25, 0.3) is 0 Å². The van der Waals surface area contributed by atoms with Crippen LogP contribution in [0.5, 0.6) is 0 Å². The number of benzene rings is 1. The first kappa shape index (κ1) is 25.0. The van der Waals surface area contributed by atoms with Crippen molar-refractivity contribution in [1.29, 1.82) is 0 Å². The van der Waals surface area contributed by atoms with E-state index in [2.05, 4.69) is 0 Å². The Labute approximate surface area is 221 Å². The van der Waals surface area contributed by atoms with Crippen LogP contribution in [0.1, 0.15) is 46.0 Å². The van der Waals surface area contributed by atoms with Crippen LogP contribution in [0.15, 0.2) is 76.0 Å². The monoisotopic (exact) mass is 516 g/mol. The molecule has 2 N–H and O–H groups in total. The van der Waals surface area contributed by atoms with E-state index in [9.17, 15) is 24.6 Å². The molecule has 38 heavy (non-hydrogen) atoms. The number of allylic oxidation sites excluding steroid dienone is 3. The first-order chi connectivity index (χ1) is 18.1. The summed E-state index contributed by atoms with van der Waals surface area (Å²) in [6.45, 7) is 2.71. The van der Waals surface area contributed by atoms with Gasteiger partial charge in [-0.2, -0.15) is 5.06 Å². The lowest BCUT2D eigenvalue weighted by Crippen LogP contribution is -2.67. The van der Waals surface area contributed by atoms with Crippen LogP contribution < -0.4 is 4.90 Å². The van der Waals surface area contributed by atoms with E-state index in [-0.39, 0.29) is 18.1 Å². The molecule has 0 aromatic heterocycles. The second-order valence-electron chi connectivity index (χ2n) is 11.2. The molecule has 8 nitrogen and oxygen atoms in total. The third-order valence-corrected chi connectivity index (χ3v) is 9.14. The third kappa shape index (κ3) is 3.17. The molecule has 0 unspecified atom stereocenters. The van der Waals surface area contributed by atoms with Gasteiger partial charge in [0.05, 0.1) is 11.8 Å². The lowest BCUT2D eigenvalue weighted by Gasteiger charge is -2.57. The second-order valence-corrected chi connectivity index (χ2v) is 11.2. The fraction of sp³-hybridized carbons (Fsp3) is 0.433. The molecule has 2 amide bonds. The van der Waals surface area contributed by atoms with Crippen molar-refractivity contribution >= 4 is 23.3 Å². The minimum Gasteiger partial charge on any atom is -0.392 e. The number of carbonyl (C=O) groups is 3. The van der Waals surface area contributed by atoms with Gasteiger partial charge >= 0.3 is 6.03 Å². The van der Waals surface area contributed by atoms with Crippen LogP contribution in [0.4, 0.5) is 10.5 Å². The summed E-state index contributed by atoms with van der Waals surface area (Å²) in [5.74, 6) is -1.17. The maximum absolute atomic E-state index is 14.1. The SMILES string of the molecule is C[C@H]1C=C2C(=O)C=C3C4=C(C5=C(CCC5)C4)N(C(=O)N(C)c4ccccc4)O[C@]3(C(=O)CO)[C@@]2(C)C[C@@H]1O. The van der Waals surface area contributed by atoms with E-state index in [1.165, 1.54) is 21.6 Å². The highest BCUT2D eigenvalue weighted by atomic mass is 16.7. The Morgan fingerprint density at radius 2 is 1.89 bits per heavy atom. The molecule has 0 spiro atoms. The van der Waals surface area contributed by atoms with Crippen molar-refractivity contribution in [2.75, 3.05) is 18.6 Å². The molecule has 0 fully saturated rings. The number of aliphatic hydroxyl groups is 2. The van der Waals surface area contributed by atoms with Crippen molar-refractivity contribution in [2.24, 2.45) is 11.3 Å². The van der Waals surface area contributed by atoms with E-state index in [0.717, 1.165) is 30.4 Å². The summed E-state index contributed by atoms with van der Waals surface area (Å²) in [5, 5.41) is 22.4. The minimum absolute atomic E-state index is 0.0706. The molecule has 1 heterocycles. The van der Waals surface area contributed by atoms with Crippen molar-refractivity contribution in [3.05, 3.63) is 76.0 Å². The zero-order valence-electron chi connectivity index (χ0n) is 21.9. The molecule has 1 aromatic carbocycles. The maximum Gasteiger partial charge on any atom is 0.353 e. The van der Waals surface area contributed by atoms with Crippen LogP contribution in [-0.2, 0) is 14.4 Å². The molecule has 0 saturated carbocycles. The van der Waals surface area contributed by atoms with Gasteiger partial charge in [-0.3, -0.25) is 14.5 Å². The Hall–Kier alpha value is -3.33. The molecule has 8 heteroatoms. The van der Waals surface area contributed by atoms with Crippen LogP contribution in [0.2, 0.25) is 0 Å². The molecule has 0 radical (unpaired) electrons. The number of Topliss-reactive ketones (excluding diaryl/α,β-unsaturated/α-hetero) is 1. The average Bonchev–Trinajstić information content (AvgIpc) is 3.51. The Morgan fingerprint density at radius 1 is 1.16 bits per heavy atom. The van der Waals surface area contributed by atoms with Gasteiger partial charge in [-0.15, -0.1) is 0 Å². The van der Waals surface area contributed by atoms with Gasteiger partial charge in [0, 0.05) is 35.2 Å². The topological polar surface area (TPSA) is 107 Å². The highest BCUT2D eigenvalue weighted by Crippen LogP contribution is 2.62. The zero-order valence-corrected chi connectivity index (χ0v) is 21.9. The number of nitrogens with zero attached hydrogens (tertiary/aromatic N) is 2. The third-order valence-electron chi connectivity index (χ3n) is 9.14. The number of aliphatic hydroxyl groups excluding tert-OH is 2. The molecule has 4 atom stereocenters. The summed E-state index contributed by atoms with van der Waals surface area (Å²) < 4.78 is 0. The van der Waals surface area contributed by atoms with Crippen LogP contribution in [0, 0.1) is 11.3 Å². The fourth-order valence-corrected chi connectivity index (χ4v) is 7.09. The van der Waals surface area contributed by atoms with E-state index < -0.39 is 35.5 Å². The molecule has 0 saturated heterocycles. The normalized spacial score (nSPS) is 31.8. The molecule has 5 aliphatic rings. The molecule has 0 bridgehead atoms. The van der Waals surface area contributed by atoms with Crippen molar-refractivity contribution in [3.8, 4) is 0 Å². The first-order valence-corrected chi connectivity index (χ1v) is 13.2. The number of ketones is 2. The molecular weight excluding hydrogens is 484 g/mol. The quantitative estimate of drug-likeness (QED) is 0.633. The fourth-order valence-electron chi connectivity index (χ4n) is 7.09. The molecule has 6 rings (SSSR count). The Bertz CT molecular complexity index is 1390. The molecule has 1 aromatic rings. The van der Waals surface area contributed by atoms with E-state index in [1.807, 2.05) is 37.3 Å². The van der Waals surface area contributed by atoms with Crippen LogP contribution >= 0.6 is 0 Å². The van der Waals surface area contributed by atoms with Crippen molar-refractivity contribution < 1.29 is 29.4 Å². The minimum atomic E-state index is -1.85. The highest BCUT2D eigenvalue weighted by Gasteiger charge is 2.68. The van der Waals surface area contributed by atoms with E-state index in [0.29, 0.717) is 29.0 Å². The molecule has 4 aliphatic carbocycles. The number of hydrogen-bond donors (Lipinski definition) is 2. The molecular formula is C30H32N2O6. The van der Waals surface area contributed by atoms with Gasteiger partial charge in [0.15, 0.2) is 17.2 Å². The van der Waals surface area contributed by atoms with Gasteiger partial charge in [-0.05, 0) is 61.5 Å². The van der Waals surface area contributed by atoms with Crippen molar-refractivity contribution in [2.45, 2.75) is 57.7 Å². The van der Waals surface area contributed by atoms with Crippen LogP contribution in [-0.4, -0.2) is 58.2 Å². The number of fused-ring (bicyclic) bond motifs is 5. The predicted molar refractivity (Wildman–Crippen MR) is 140 cm³/mol. The Morgan fingerprint density at radius 3 is 2.61 bits per heavy atom. The van der Waals surface area contributed by atoms with Gasteiger partial charge in [-0.25, -0.2) is 9.63 Å². The first-order valence-electron chi connectivity index (χ1n) is 13.2. The standard InChI is InChI=1S/C30H32N2O6/c1-17-12-23-24(34)14-22-21-13-18-8-7-11-20(18)27(21)32(28(37)31(3)19-9-5-4-6-10-19)38-30(22,26(36)16-33)29(23,2)15-25(17)35/h4-6,9-10,12,14,17,25,33,35H,7-8,11,13,15-16H2,1-3H3/t17-,25-,29-,30+/m0/s1. The molecule has 1 aliphatic heterocycles. The summed E-state index contributed by atoms with van der Waals surface area (Å²) in [6.07, 6.45) is 5.54. The van der Waals surface area contributed by atoms with E-state index in [1.54, 1.807) is 20.0 Å². The molecule has 198 valence electrons. The van der Waals surface area contributed by atoms with Gasteiger partial charge < -0.3 is 10.2 Å². The smallest absolute Gasteiger partial charge is 0.353 e. The number of urea groups is 1. The summed E-state index contributed by atoms with van der Waals surface area (Å²) >= 11 is 0. The Kier molecular flexibility index (Phi) is 5.65. The second kappa shape index (κ2) is 8.59. The lowest BCUT2D eigenvalue weighted by molar-refractivity contribution is -0.226. The summed E-state index contributed by atoms with van der Waals surface area (Å²) in [4.78, 5) is 49.7. The van der Waals surface area contributed by atoms with Crippen molar-refractivity contribution in [1.82, 2.24) is 5.06 Å². The summed E-state index contributed by atoms with van der Waals surface area (Å²) in [7, 11) is 1.65. The van der Waals surface area contributed by atoms with Gasteiger partial charge in [-0.1, -0.05) is 43.7 Å². The zero-order chi connectivity index (χ0) is 27.0. The maximum atomic E-state index is 14.1. The van der Waals surface area contributed by atoms with E-state index in [4.69, 9.17) is 4.84 Å². The number of rotatable bonds is 3. The number of amides is 2. The van der Waals surface area contributed by atoms with Crippen molar-refractivity contribution in [3.63, 3.8) is 0 Å². The summed E-state index contributed by atoms with van der Waals surface area (Å²) in [6, 6.07) is 8.67. The number of anilines is 1. The Balaban J connectivity index is 1.59. The van der Waals surface area contributed by atoms with Gasteiger partial charge in [0.1, 0.15) is 6.61 Å². The number of hydroxylamine groups is 2. The van der Waals surface area contributed by atoms with Gasteiger partial charge in [0.25, 0.3) is 0 Å². The lowest BCUT2D eigenvalue weighted by atomic mass is 9.52.